The van der Waals surface area contributed by atoms with Crippen LogP contribution in [-0.2, 0) is 14.6 Å². The highest BCUT2D eigenvalue weighted by Crippen LogP contribution is 2.49. The summed E-state index contributed by atoms with van der Waals surface area (Å²) in [6.45, 7) is 17.4. The van der Waals surface area contributed by atoms with Crippen LogP contribution < -0.4 is 15.0 Å². The van der Waals surface area contributed by atoms with E-state index in [0.29, 0.717) is 11.9 Å². The number of likely N-dealkylation sites (tertiary alicyclic amines) is 1. The Morgan fingerprint density at radius 2 is 1.84 bits per heavy atom. The van der Waals surface area contributed by atoms with Crippen LogP contribution in [0.1, 0.15) is 82.6 Å². The van der Waals surface area contributed by atoms with Gasteiger partial charge in [0.1, 0.15) is 34.8 Å². The first-order valence-corrected chi connectivity index (χ1v) is 23.7. The van der Waals surface area contributed by atoms with Gasteiger partial charge in [0.15, 0.2) is 14.1 Å². The van der Waals surface area contributed by atoms with E-state index in [4.69, 9.17) is 23.0 Å². The fourth-order valence-electron chi connectivity index (χ4n) is 7.85. The topological polar surface area (TPSA) is 157 Å². The minimum atomic E-state index is -2.47. The Hall–Kier alpha value is -4.78. The lowest BCUT2D eigenvalue weighted by molar-refractivity contribution is -0.00296. The maximum absolute atomic E-state index is 18.0. The van der Waals surface area contributed by atoms with Gasteiger partial charge in [-0.25, -0.2) is 18.0 Å². The number of amides is 1. The third-order valence-corrected chi connectivity index (χ3v) is 17.6. The van der Waals surface area contributed by atoms with Crippen LogP contribution in [0, 0.1) is 39.7 Å². The third kappa shape index (κ3) is 8.81. The van der Waals surface area contributed by atoms with Gasteiger partial charge in [-0.3, -0.25) is 5.32 Å². The summed E-state index contributed by atoms with van der Waals surface area (Å²) in [5.74, 6) is -1.94. The molecule has 17 heteroatoms. The maximum atomic E-state index is 18.0. The number of piperidine rings is 1. The normalized spacial score (nSPS) is 22.3. The summed E-state index contributed by atoms with van der Waals surface area (Å²) in [6, 6.07) is 6.48. The van der Waals surface area contributed by atoms with Gasteiger partial charge in [-0.2, -0.15) is 20.5 Å². The first-order valence-electron chi connectivity index (χ1n) is 21.4. The van der Waals surface area contributed by atoms with E-state index >= 15 is 8.78 Å². The van der Waals surface area contributed by atoms with Gasteiger partial charge in [0.25, 0.3) is 0 Å². The number of ether oxygens (including phenoxy) is 2. The standard InChI is InChI=1S/C44H54F3N7O5SSi/c1-41(2,3)29-17-30-32(28(20-49)38(60-30)52-40(55)56)33(34(29)46)31-25(19-48)16-27-36(35(31)47)50-39(58-23-43(7)21-53(9)13-12-26(43)18-45)51-37(27)54-14-15-57-24-44(8,22-54)59-61(10,11)42(4,5)6/h16-18,52H,12-15,21-24H2,1-11H3,(H,55,56)/b26-18+/t43-,44-/m0/s1/i9D3. The fourth-order valence-corrected chi connectivity index (χ4v) is 10.6. The lowest BCUT2D eigenvalue weighted by Crippen LogP contribution is -2.54. The second-order valence-electron chi connectivity index (χ2n) is 19.0. The van der Waals surface area contributed by atoms with Crippen molar-refractivity contribution in [2.24, 2.45) is 5.41 Å². The van der Waals surface area contributed by atoms with Crippen molar-refractivity contribution in [2.45, 2.75) is 91.0 Å². The van der Waals surface area contributed by atoms with Crippen molar-refractivity contribution in [1.29, 1.82) is 10.5 Å². The van der Waals surface area contributed by atoms with Gasteiger partial charge in [-0.1, -0.05) is 48.5 Å². The highest BCUT2D eigenvalue weighted by atomic mass is 32.1. The van der Waals surface area contributed by atoms with Gasteiger partial charge in [0, 0.05) is 62.3 Å². The minimum absolute atomic E-state index is 0.0613. The first-order chi connectivity index (χ1) is 29.6. The molecule has 61 heavy (non-hydrogen) atoms. The molecule has 2 N–H and O–H groups in total. The smallest absolute Gasteiger partial charge is 0.409 e. The summed E-state index contributed by atoms with van der Waals surface area (Å²) < 4.78 is 93.5. The number of hydrogen-bond acceptors (Lipinski definition) is 11. The Bertz CT molecular complexity index is 2640. The fraction of sp³-hybridized carbons (Fsp3) is 0.523. The molecule has 2 atom stereocenters. The number of carboxylic acid groups (broad SMARTS) is 1. The average molecular weight is 881 g/mol. The molecule has 4 heterocycles. The van der Waals surface area contributed by atoms with Crippen LogP contribution in [0.5, 0.6) is 6.01 Å². The molecule has 1 amide bonds. The van der Waals surface area contributed by atoms with Crippen LogP contribution in [-0.4, -0.2) is 93.0 Å². The molecule has 2 aromatic heterocycles. The molecule has 0 bridgehead atoms. The number of nitriles is 2. The molecule has 326 valence electrons. The molecular formula is C44H54F3N7O5SSi. The Morgan fingerprint density at radius 3 is 2.44 bits per heavy atom. The van der Waals surface area contributed by atoms with Crippen LogP contribution in [0.25, 0.3) is 32.1 Å². The number of anilines is 2. The molecule has 0 aliphatic carbocycles. The summed E-state index contributed by atoms with van der Waals surface area (Å²) in [7, 11) is -2.42. The van der Waals surface area contributed by atoms with Gasteiger partial charge >= 0.3 is 12.1 Å². The van der Waals surface area contributed by atoms with E-state index in [1.54, 1.807) is 27.7 Å². The highest BCUT2D eigenvalue weighted by Gasteiger charge is 2.45. The Kier molecular flexibility index (Phi) is 11.2. The number of nitrogens with zero attached hydrogens (tertiary/aromatic N) is 6. The Balaban J connectivity index is 1.64. The van der Waals surface area contributed by atoms with Gasteiger partial charge in [0.05, 0.1) is 42.3 Å². The second kappa shape index (κ2) is 16.5. The molecule has 0 spiro atoms. The van der Waals surface area contributed by atoms with Crippen LogP contribution in [0.3, 0.4) is 0 Å². The van der Waals surface area contributed by atoms with Crippen molar-refractivity contribution < 1.29 is 41.1 Å². The average Bonchev–Trinajstić information content (AvgIpc) is 3.40. The zero-order chi connectivity index (χ0) is 47.5. The number of carbonyl (C=O) groups is 1. The summed E-state index contributed by atoms with van der Waals surface area (Å²) in [4.78, 5) is 24.2. The van der Waals surface area contributed by atoms with E-state index in [0.717, 1.165) is 11.3 Å². The SMILES string of the molecule is [2H]C([2H])([2H])N1CC/C(=C\F)[C@](C)(COc2nc(N3CCOC[C@@](C)(O[Si](C)(C)C(C)(C)C)C3)c3cc(C#N)c(-c4c(F)c(C(C)(C)C)cc5sc(NC(=O)O)c(C#N)c45)c(F)c3n2)C1. The zero-order valence-corrected chi connectivity index (χ0v) is 38.0. The summed E-state index contributed by atoms with van der Waals surface area (Å²) in [5, 5.41) is 32.7. The summed E-state index contributed by atoms with van der Waals surface area (Å²) in [6.07, 6.45) is -0.917. The van der Waals surface area contributed by atoms with Crippen molar-refractivity contribution in [1.82, 2.24) is 14.9 Å². The maximum Gasteiger partial charge on any atom is 0.409 e. The Morgan fingerprint density at radius 1 is 1.11 bits per heavy atom. The van der Waals surface area contributed by atoms with E-state index in [-0.39, 0.29) is 112 Å². The van der Waals surface area contributed by atoms with Crippen molar-refractivity contribution >= 4 is 57.6 Å². The van der Waals surface area contributed by atoms with E-state index in [9.17, 15) is 24.8 Å². The predicted octanol–water partition coefficient (Wildman–Crippen LogP) is 10.1. The predicted molar refractivity (Wildman–Crippen MR) is 235 cm³/mol. The number of halogens is 3. The van der Waals surface area contributed by atoms with Crippen molar-refractivity contribution in [3.63, 3.8) is 0 Å². The third-order valence-electron chi connectivity index (χ3n) is 12.0. The van der Waals surface area contributed by atoms with Crippen LogP contribution >= 0.6 is 11.3 Å². The molecule has 12 nitrogen and oxygen atoms in total. The van der Waals surface area contributed by atoms with Crippen molar-refractivity contribution in [3.8, 4) is 29.3 Å². The molecule has 0 saturated carbocycles. The number of hydrogen-bond donors (Lipinski definition) is 2. The van der Waals surface area contributed by atoms with Gasteiger partial charge < -0.3 is 28.8 Å². The zero-order valence-electron chi connectivity index (χ0n) is 39.2. The molecule has 4 aromatic rings. The number of aromatic nitrogens is 2. The molecule has 2 aliphatic rings. The summed E-state index contributed by atoms with van der Waals surface area (Å²) >= 11 is 0.872. The molecule has 2 fully saturated rings. The number of benzene rings is 2. The van der Waals surface area contributed by atoms with E-state index < -0.39 is 60.6 Å². The van der Waals surface area contributed by atoms with Crippen LogP contribution in [0.2, 0.25) is 18.1 Å². The quantitative estimate of drug-likeness (QED) is 0.162. The van der Waals surface area contributed by atoms with Crippen LogP contribution in [0.15, 0.2) is 24.0 Å². The van der Waals surface area contributed by atoms with E-state index in [2.05, 4.69) is 44.2 Å². The molecule has 0 radical (unpaired) electrons. The molecular weight excluding hydrogens is 824 g/mol. The molecule has 6 rings (SSSR count). The van der Waals surface area contributed by atoms with Crippen molar-refractivity contribution in [2.75, 3.05) is 63.2 Å². The molecule has 2 saturated heterocycles. The van der Waals surface area contributed by atoms with Crippen molar-refractivity contribution in [3.05, 3.63) is 52.4 Å². The first kappa shape index (κ1) is 41.6. The second-order valence-corrected chi connectivity index (χ2v) is 24.8. The lowest BCUT2D eigenvalue weighted by atomic mass is 9.78. The minimum Gasteiger partial charge on any atom is -0.465 e. The molecule has 2 aromatic carbocycles. The summed E-state index contributed by atoms with van der Waals surface area (Å²) in [5.41, 5.74) is -4.45. The number of fused-ring (bicyclic) bond motifs is 2. The number of thiophene rings is 1. The molecule has 0 unspecified atom stereocenters. The van der Waals surface area contributed by atoms with Gasteiger partial charge in [-0.05, 0) is 67.1 Å². The Labute approximate surface area is 364 Å². The number of nitrogens with one attached hydrogen (secondary N) is 1. The lowest BCUT2D eigenvalue weighted by Gasteiger charge is -2.44. The highest BCUT2D eigenvalue weighted by molar-refractivity contribution is 7.23. The van der Waals surface area contributed by atoms with Gasteiger partial charge in [-0.15, -0.1) is 11.3 Å². The van der Waals surface area contributed by atoms with E-state index in [1.165, 1.54) is 17.0 Å². The number of rotatable bonds is 8. The monoisotopic (exact) mass is 880 g/mol. The van der Waals surface area contributed by atoms with Crippen LogP contribution in [0.4, 0.5) is 28.8 Å². The largest absolute Gasteiger partial charge is 0.465 e. The molecule has 2 aliphatic heterocycles. The van der Waals surface area contributed by atoms with E-state index in [1.807, 2.05) is 24.0 Å². The van der Waals surface area contributed by atoms with Gasteiger partial charge in [0.2, 0.25) is 0 Å².